The number of hydrogen-bond acceptors (Lipinski definition) is 6. The van der Waals surface area contributed by atoms with Gasteiger partial charge >= 0.3 is 0 Å². The van der Waals surface area contributed by atoms with Crippen molar-refractivity contribution in [3.05, 3.63) is 64.5 Å². The van der Waals surface area contributed by atoms with Gasteiger partial charge in [-0.1, -0.05) is 38.1 Å². The van der Waals surface area contributed by atoms with Crippen LogP contribution in [0.3, 0.4) is 0 Å². The smallest absolute Gasteiger partial charge is 0.229 e. The molecule has 2 aromatic carbocycles. The van der Waals surface area contributed by atoms with Crippen LogP contribution >= 0.6 is 46.8 Å². The standard InChI is InChI=1S/C26H27N3OS3.ClH/c1-16(2)31-18-10-8-17(9-11-18)14-23(30)28-26-24(19-12-13-29(3)15-22(19)33-26)25-27-20-6-4-5-7-21(20)32-25;/h4-11,16H,12-15H2,1-3H3,(H,28,30);1H. The number of nitrogens with one attached hydrogen (secondary N) is 1. The lowest BCUT2D eigenvalue weighted by Crippen LogP contribution is -2.25. The minimum atomic E-state index is 0. The molecule has 0 saturated carbocycles. The van der Waals surface area contributed by atoms with Crippen molar-refractivity contribution >= 4 is 68.0 Å². The number of aromatic nitrogens is 1. The zero-order valence-corrected chi connectivity index (χ0v) is 22.7. The number of carbonyl (C=O) groups excluding carboxylic acids is 1. The van der Waals surface area contributed by atoms with Gasteiger partial charge in [0.1, 0.15) is 10.0 Å². The summed E-state index contributed by atoms with van der Waals surface area (Å²) in [5.74, 6) is 0.0218. The van der Waals surface area contributed by atoms with Crippen LogP contribution < -0.4 is 5.32 Å². The largest absolute Gasteiger partial charge is 0.317 e. The molecule has 0 bridgehead atoms. The second-order valence-corrected chi connectivity index (χ2v) is 12.5. The molecule has 0 spiro atoms. The molecule has 1 amide bonds. The maximum Gasteiger partial charge on any atom is 0.229 e. The first-order valence-corrected chi connectivity index (χ1v) is 13.7. The fourth-order valence-corrected chi connectivity index (χ4v) is 7.43. The van der Waals surface area contributed by atoms with Crippen molar-refractivity contribution in [2.75, 3.05) is 18.9 Å². The summed E-state index contributed by atoms with van der Waals surface area (Å²) in [6.45, 7) is 6.32. The van der Waals surface area contributed by atoms with Gasteiger partial charge in [-0.2, -0.15) is 0 Å². The van der Waals surface area contributed by atoms with E-state index in [1.165, 1.54) is 20.0 Å². The molecule has 1 aliphatic rings. The van der Waals surface area contributed by atoms with E-state index in [1.54, 1.807) is 22.7 Å². The highest BCUT2D eigenvalue weighted by atomic mass is 35.5. The first kappa shape index (κ1) is 25.2. The highest BCUT2D eigenvalue weighted by molar-refractivity contribution is 7.99. The van der Waals surface area contributed by atoms with Crippen molar-refractivity contribution in [3.8, 4) is 10.6 Å². The Morgan fingerprint density at radius 1 is 1.15 bits per heavy atom. The van der Waals surface area contributed by atoms with Crippen LogP contribution in [0.5, 0.6) is 0 Å². The van der Waals surface area contributed by atoms with Crippen LogP contribution in [0.25, 0.3) is 20.8 Å². The van der Waals surface area contributed by atoms with Crippen LogP contribution in [0.15, 0.2) is 53.4 Å². The topological polar surface area (TPSA) is 45.2 Å². The van der Waals surface area contributed by atoms with E-state index in [0.717, 1.165) is 46.2 Å². The second-order valence-electron chi connectivity index (χ2n) is 8.72. The van der Waals surface area contributed by atoms with Gasteiger partial charge in [-0.25, -0.2) is 4.98 Å². The lowest BCUT2D eigenvalue weighted by molar-refractivity contribution is -0.115. The number of likely N-dealkylation sites (N-methyl/N-ethyl adjacent to an activating group) is 1. The lowest BCUT2D eigenvalue weighted by Gasteiger charge is -2.22. The van der Waals surface area contributed by atoms with Crippen molar-refractivity contribution in [3.63, 3.8) is 0 Å². The summed E-state index contributed by atoms with van der Waals surface area (Å²) in [6, 6.07) is 16.6. The number of anilines is 1. The monoisotopic (exact) mass is 529 g/mol. The van der Waals surface area contributed by atoms with E-state index in [4.69, 9.17) is 4.98 Å². The second kappa shape index (κ2) is 10.8. The number of fused-ring (bicyclic) bond motifs is 2. The summed E-state index contributed by atoms with van der Waals surface area (Å²) in [4.78, 5) is 22.9. The summed E-state index contributed by atoms with van der Waals surface area (Å²) in [7, 11) is 2.15. The van der Waals surface area contributed by atoms with E-state index in [1.807, 2.05) is 17.8 Å². The minimum Gasteiger partial charge on any atom is -0.317 e. The summed E-state index contributed by atoms with van der Waals surface area (Å²) < 4.78 is 1.18. The highest BCUT2D eigenvalue weighted by Crippen LogP contribution is 2.45. The normalized spacial score (nSPS) is 13.6. The van der Waals surface area contributed by atoms with Gasteiger partial charge in [0.2, 0.25) is 5.91 Å². The maximum absolute atomic E-state index is 13.0. The van der Waals surface area contributed by atoms with Gasteiger partial charge in [-0.15, -0.1) is 46.8 Å². The third-order valence-corrected chi connectivity index (χ3v) is 8.87. The molecule has 4 nitrogen and oxygen atoms in total. The molecule has 0 saturated heterocycles. The van der Waals surface area contributed by atoms with Crippen LogP contribution in [-0.4, -0.2) is 34.6 Å². The lowest BCUT2D eigenvalue weighted by atomic mass is 10.0. The number of halogens is 1. The van der Waals surface area contributed by atoms with Gasteiger partial charge < -0.3 is 10.2 Å². The third-order valence-electron chi connectivity index (χ3n) is 5.67. The number of para-hydroxylation sites is 1. The summed E-state index contributed by atoms with van der Waals surface area (Å²) >= 11 is 5.25. The van der Waals surface area contributed by atoms with Crippen LogP contribution in [0, 0.1) is 0 Å². The van der Waals surface area contributed by atoms with Crippen molar-refractivity contribution in [2.45, 2.75) is 43.4 Å². The van der Waals surface area contributed by atoms with E-state index in [0.29, 0.717) is 11.7 Å². The Bertz CT molecular complexity index is 1260. The molecule has 8 heteroatoms. The van der Waals surface area contributed by atoms with Crippen molar-refractivity contribution in [1.82, 2.24) is 9.88 Å². The molecule has 0 atom stereocenters. The number of thiophene rings is 1. The quantitative estimate of drug-likeness (QED) is 0.270. The predicted molar refractivity (Wildman–Crippen MR) is 150 cm³/mol. The molecule has 0 radical (unpaired) electrons. The SMILES string of the molecule is CC(C)Sc1ccc(CC(=O)Nc2sc3c(c2-c2nc4ccccc4s2)CCN(C)C3)cc1.Cl. The van der Waals surface area contributed by atoms with Crippen LogP contribution in [-0.2, 0) is 24.2 Å². The van der Waals surface area contributed by atoms with Crippen molar-refractivity contribution < 1.29 is 4.79 Å². The average molecular weight is 530 g/mol. The maximum atomic E-state index is 13.0. The number of nitrogens with zero attached hydrogens (tertiary/aromatic N) is 2. The van der Waals surface area contributed by atoms with E-state index < -0.39 is 0 Å². The van der Waals surface area contributed by atoms with Gasteiger partial charge in [-0.05, 0) is 48.9 Å². The zero-order chi connectivity index (χ0) is 22.9. The predicted octanol–water partition coefficient (Wildman–Crippen LogP) is 7.12. The van der Waals surface area contributed by atoms with Crippen molar-refractivity contribution in [2.24, 2.45) is 0 Å². The van der Waals surface area contributed by atoms with E-state index in [2.05, 4.69) is 73.6 Å². The third kappa shape index (κ3) is 5.50. The molecule has 0 fully saturated rings. The van der Waals surface area contributed by atoms with Gasteiger partial charge in [0.15, 0.2) is 0 Å². The Hall–Kier alpha value is -1.90. The zero-order valence-electron chi connectivity index (χ0n) is 19.5. The molecule has 5 rings (SSSR count). The Morgan fingerprint density at radius 3 is 2.65 bits per heavy atom. The number of carbonyl (C=O) groups is 1. The average Bonchev–Trinajstić information content (AvgIpc) is 3.34. The molecule has 4 aromatic rings. The number of amides is 1. The Balaban J connectivity index is 0.00000274. The number of thioether (sulfide) groups is 1. The Kier molecular flexibility index (Phi) is 8.00. The van der Waals surface area contributed by atoms with Crippen molar-refractivity contribution in [1.29, 1.82) is 0 Å². The van der Waals surface area contributed by atoms with E-state index in [-0.39, 0.29) is 18.3 Å². The summed E-state index contributed by atoms with van der Waals surface area (Å²) in [6.07, 6.45) is 1.35. The highest BCUT2D eigenvalue weighted by Gasteiger charge is 2.26. The van der Waals surface area contributed by atoms with Crippen LogP contribution in [0.2, 0.25) is 0 Å². The van der Waals surface area contributed by atoms with E-state index >= 15 is 0 Å². The van der Waals surface area contributed by atoms with Gasteiger partial charge in [0.25, 0.3) is 0 Å². The Morgan fingerprint density at radius 2 is 1.91 bits per heavy atom. The molecule has 178 valence electrons. The van der Waals surface area contributed by atoms with E-state index in [9.17, 15) is 4.79 Å². The molecular weight excluding hydrogens is 502 g/mol. The van der Waals surface area contributed by atoms with Gasteiger partial charge in [-0.3, -0.25) is 4.79 Å². The summed E-state index contributed by atoms with van der Waals surface area (Å²) in [5, 5.41) is 5.73. The fourth-order valence-electron chi connectivity index (χ4n) is 4.14. The van der Waals surface area contributed by atoms with Gasteiger partial charge in [0.05, 0.1) is 16.6 Å². The number of rotatable bonds is 6. The first-order valence-electron chi connectivity index (χ1n) is 11.2. The molecule has 0 aliphatic carbocycles. The molecule has 0 unspecified atom stereocenters. The number of hydrogen-bond donors (Lipinski definition) is 1. The fraction of sp³-hybridized carbons (Fsp3) is 0.308. The molecule has 1 N–H and O–H groups in total. The number of thiazole rings is 1. The number of benzene rings is 2. The van der Waals surface area contributed by atoms with Gasteiger partial charge in [0, 0.05) is 33.7 Å². The molecule has 34 heavy (non-hydrogen) atoms. The molecule has 2 aromatic heterocycles. The molecule has 1 aliphatic heterocycles. The van der Waals surface area contributed by atoms with Crippen LogP contribution in [0.1, 0.15) is 29.9 Å². The molecular formula is C26H28ClN3OS3. The Labute approximate surface area is 219 Å². The minimum absolute atomic E-state index is 0. The molecule has 3 heterocycles. The van der Waals surface area contributed by atoms with Crippen LogP contribution in [0.4, 0.5) is 5.00 Å². The first-order chi connectivity index (χ1) is 16.0. The summed E-state index contributed by atoms with van der Waals surface area (Å²) in [5.41, 5.74) is 4.52.